The SMILES string of the molecule is CCCCC[C@@H](/C=C/[C@@H]1[C@H]2C/C(=C\CO)C[C@H]2C[C@H]1OC1CCCCO1)OC1CCCCO1. The lowest BCUT2D eigenvalue weighted by Gasteiger charge is -2.30. The van der Waals surface area contributed by atoms with Crippen LogP contribution in [-0.2, 0) is 18.9 Å². The van der Waals surface area contributed by atoms with Crippen molar-refractivity contribution in [3.8, 4) is 0 Å². The van der Waals surface area contributed by atoms with Crippen molar-refractivity contribution >= 4 is 0 Å². The summed E-state index contributed by atoms with van der Waals surface area (Å²) >= 11 is 0. The molecule has 0 amide bonds. The van der Waals surface area contributed by atoms with Crippen molar-refractivity contribution in [2.75, 3.05) is 19.8 Å². The molecule has 2 unspecified atom stereocenters. The maximum atomic E-state index is 9.40. The van der Waals surface area contributed by atoms with Crippen molar-refractivity contribution in [2.24, 2.45) is 17.8 Å². The van der Waals surface area contributed by atoms with Gasteiger partial charge in [-0.1, -0.05) is 50.0 Å². The second-order valence-corrected chi connectivity index (χ2v) is 10.5. The molecule has 5 nitrogen and oxygen atoms in total. The molecule has 1 N–H and O–H groups in total. The Hall–Kier alpha value is -0.720. The molecule has 4 rings (SSSR count). The lowest BCUT2D eigenvalue weighted by atomic mass is 9.90. The Bertz CT molecular complexity index is 620. The normalized spacial score (nSPS) is 37.1. The van der Waals surface area contributed by atoms with E-state index in [1.807, 2.05) is 6.08 Å². The van der Waals surface area contributed by atoms with E-state index in [1.54, 1.807) is 0 Å². The summed E-state index contributed by atoms with van der Waals surface area (Å²) in [4.78, 5) is 0. The number of ether oxygens (including phenoxy) is 4. The Morgan fingerprint density at radius 1 is 1.03 bits per heavy atom. The second kappa shape index (κ2) is 13.4. The minimum Gasteiger partial charge on any atom is -0.392 e. The summed E-state index contributed by atoms with van der Waals surface area (Å²) in [5, 5.41) is 9.40. The summed E-state index contributed by atoms with van der Waals surface area (Å²) < 4.78 is 24.8. The number of fused-ring (bicyclic) bond motifs is 1. The summed E-state index contributed by atoms with van der Waals surface area (Å²) in [5.74, 6) is 1.62. The smallest absolute Gasteiger partial charge is 0.158 e. The largest absolute Gasteiger partial charge is 0.392 e. The minimum absolute atomic E-state index is 0.0434. The summed E-state index contributed by atoms with van der Waals surface area (Å²) in [6.07, 6.45) is 21.7. The summed E-state index contributed by atoms with van der Waals surface area (Å²) in [6.45, 7) is 4.05. The van der Waals surface area contributed by atoms with Crippen LogP contribution < -0.4 is 0 Å². The highest BCUT2D eigenvalue weighted by atomic mass is 16.7. The molecule has 4 aliphatic rings. The van der Waals surface area contributed by atoms with Crippen molar-refractivity contribution in [3.05, 3.63) is 23.8 Å². The van der Waals surface area contributed by atoms with Crippen LogP contribution in [0.5, 0.6) is 0 Å². The van der Waals surface area contributed by atoms with Gasteiger partial charge in [0.2, 0.25) is 0 Å². The van der Waals surface area contributed by atoms with Gasteiger partial charge in [-0.05, 0) is 76.0 Å². The van der Waals surface area contributed by atoms with Gasteiger partial charge in [0.05, 0.1) is 18.8 Å². The molecule has 33 heavy (non-hydrogen) atoms. The van der Waals surface area contributed by atoms with E-state index in [-0.39, 0.29) is 31.4 Å². The first-order valence-electron chi connectivity index (χ1n) is 13.8. The molecule has 0 bridgehead atoms. The topological polar surface area (TPSA) is 57.2 Å². The van der Waals surface area contributed by atoms with Gasteiger partial charge in [0.25, 0.3) is 0 Å². The van der Waals surface area contributed by atoms with E-state index in [0.29, 0.717) is 17.8 Å². The number of hydrogen-bond donors (Lipinski definition) is 1. The molecule has 2 aliphatic carbocycles. The number of rotatable bonds is 11. The van der Waals surface area contributed by atoms with Gasteiger partial charge in [-0.3, -0.25) is 0 Å². The monoisotopic (exact) mass is 462 g/mol. The van der Waals surface area contributed by atoms with Gasteiger partial charge in [-0.2, -0.15) is 0 Å². The van der Waals surface area contributed by atoms with E-state index in [1.165, 1.54) is 37.7 Å². The average Bonchev–Trinajstić information content (AvgIpc) is 3.36. The van der Waals surface area contributed by atoms with Crippen LogP contribution in [0, 0.1) is 17.8 Å². The third-order valence-corrected chi connectivity index (χ3v) is 8.04. The molecule has 0 aromatic carbocycles. The Kier molecular flexibility index (Phi) is 10.3. The molecule has 0 spiro atoms. The van der Waals surface area contributed by atoms with Crippen LogP contribution in [0.1, 0.15) is 90.4 Å². The van der Waals surface area contributed by atoms with E-state index >= 15 is 0 Å². The van der Waals surface area contributed by atoms with E-state index in [9.17, 15) is 5.11 Å². The zero-order valence-corrected chi connectivity index (χ0v) is 20.7. The number of unbranched alkanes of at least 4 members (excludes halogenated alkanes) is 2. The summed E-state index contributed by atoms with van der Waals surface area (Å²) in [7, 11) is 0. The molecule has 0 aromatic heterocycles. The van der Waals surface area contributed by atoms with E-state index < -0.39 is 0 Å². The first-order valence-corrected chi connectivity index (χ1v) is 13.8. The van der Waals surface area contributed by atoms with Crippen molar-refractivity contribution in [3.63, 3.8) is 0 Å². The Balaban J connectivity index is 1.43. The fraction of sp³-hybridized carbons (Fsp3) is 0.857. The molecule has 5 heteroatoms. The van der Waals surface area contributed by atoms with Gasteiger partial charge >= 0.3 is 0 Å². The third kappa shape index (κ3) is 7.38. The quantitative estimate of drug-likeness (QED) is 0.305. The van der Waals surface area contributed by atoms with Gasteiger partial charge in [0.1, 0.15) is 0 Å². The van der Waals surface area contributed by atoms with Crippen molar-refractivity contribution < 1.29 is 24.1 Å². The van der Waals surface area contributed by atoms with Crippen molar-refractivity contribution in [1.29, 1.82) is 0 Å². The average molecular weight is 463 g/mol. The fourth-order valence-electron chi connectivity index (χ4n) is 6.27. The summed E-state index contributed by atoms with van der Waals surface area (Å²) in [6, 6.07) is 0. The highest BCUT2D eigenvalue weighted by Gasteiger charge is 2.47. The standard InChI is InChI=1S/C28H46O5/c1-2-3-4-9-23(32-27-10-5-7-16-30-27)12-13-24-25-19-21(14-15-29)18-22(25)20-26(24)33-28-11-6-8-17-31-28/h12-14,22-29H,2-11,15-20H2,1H3/b13-12+,21-14-/t22-,23-,24+,25-,26+,27?,28?/m0/s1. The molecule has 188 valence electrons. The van der Waals surface area contributed by atoms with E-state index in [2.05, 4.69) is 19.1 Å². The highest BCUT2D eigenvalue weighted by molar-refractivity contribution is 5.18. The number of hydrogen-bond acceptors (Lipinski definition) is 5. The Morgan fingerprint density at radius 2 is 1.82 bits per heavy atom. The van der Waals surface area contributed by atoms with Crippen molar-refractivity contribution in [1.82, 2.24) is 0 Å². The predicted octanol–water partition coefficient (Wildman–Crippen LogP) is 5.91. The molecule has 7 atom stereocenters. The minimum atomic E-state index is -0.0559. The zero-order chi connectivity index (χ0) is 22.9. The lowest BCUT2D eigenvalue weighted by molar-refractivity contribution is -0.193. The van der Waals surface area contributed by atoms with Crippen LogP contribution in [0.3, 0.4) is 0 Å². The third-order valence-electron chi connectivity index (χ3n) is 8.04. The van der Waals surface area contributed by atoms with Crippen LogP contribution in [-0.4, -0.2) is 49.7 Å². The first kappa shape index (κ1) is 25.4. The molecular weight excluding hydrogens is 416 g/mol. The molecular formula is C28H46O5. The molecule has 2 saturated heterocycles. The number of allylic oxidation sites excluding steroid dienone is 1. The Morgan fingerprint density at radius 3 is 2.52 bits per heavy atom. The predicted molar refractivity (Wildman–Crippen MR) is 130 cm³/mol. The Labute approximate surface area is 200 Å². The summed E-state index contributed by atoms with van der Waals surface area (Å²) in [5.41, 5.74) is 1.42. The fourth-order valence-corrected chi connectivity index (χ4v) is 6.27. The van der Waals surface area contributed by atoms with Crippen LogP contribution in [0.4, 0.5) is 0 Å². The zero-order valence-electron chi connectivity index (χ0n) is 20.7. The van der Waals surface area contributed by atoms with Crippen LogP contribution in [0.25, 0.3) is 0 Å². The molecule has 2 aliphatic heterocycles. The molecule has 0 aromatic rings. The lowest BCUT2D eigenvalue weighted by Crippen LogP contribution is -2.31. The van der Waals surface area contributed by atoms with Gasteiger partial charge in [-0.15, -0.1) is 0 Å². The van der Waals surface area contributed by atoms with E-state index in [0.717, 1.165) is 64.6 Å². The van der Waals surface area contributed by atoms with Crippen molar-refractivity contribution in [2.45, 2.75) is 115 Å². The van der Waals surface area contributed by atoms with Gasteiger partial charge in [-0.25, -0.2) is 0 Å². The van der Waals surface area contributed by atoms with Crippen LogP contribution in [0.15, 0.2) is 23.8 Å². The number of aliphatic hydroxyl groups excluding tert-OH is 1. The van der Waals surface area contributed by atoms with E-state index in [4.69, 9.17) is 18.9 Å². The molecule has 2 saturated carbocycles. The van der Waals surface area contributed by atoms with Crippen LogP contribution >= 0.6 is 0 Å². The number of aliphatic hydroxyl groups is 1. The van der Waals surface area contributed by atoms with Gasteiger partial charge in [0.15, 0.2) is 12.6 Å². The maximum Gasteiger partial charge on any atom is 0.158 e. The molecule has 2 heterocycles. The van der Waals surface area contributed by atoms with Crippen LogP contribution in [0.2, 0.25) is 0 Å². The van der Waals surface area contributed by atoms with Gasteiger partial charge < -0.3 is 24.1 Å². The van der Waals surface area contributed by atoms with Gasteiger partial charge in [0, 0.05) is 19.1 Å². The first-order chi connectivity index (χ1) is 16.3. The molecule has 4 fully saturated rings. The molecule has 0 radical (unpaired) electrons. The maximum absolute atomic E-state index is 9.40. The second-order valence-electron chi connectivity index (χ2n) is 10.5. The highest BCUT2D eigenvalue weighted by Crippen LogP contribution is 2.51.